The van der Waals surface area contributed by atoms with Gasteiger partial charge in [0.05, 0.1) is 12.2 Å². The monoisotopic (exact) mass is 384 g/mol. The van der Waals surface area contributed by atoms with Crippen molar-refractivity contribution in [3.05, 3.63) is 82.4 Å². The molecule has 4 aromatic rings. The fourth-order valence-electron chi connectivity index (χ4n) is 2.62. The summed E-state index contributed by atoms with van der Waals surface area (Å²) in [6.07, 6.45) is 4.10. The number of rotatable bonds is 2. The molecule has 0 amide bonds. The van der Waals surface area contributed by atoms with Crippen molar-refractivity contribution >= 4 is 51.0 Å². The lowest BCUT2D eigenvalue weighted by Gasteiger charge is -2.04. The first-order chi connectivity index (χ1) is 12.7. The highest BCUT2D eigenvalue weighted by atomic mass is 35.5. The van der Waals surface area contributed by atoms with Crippen LogP contribution in [0.25, 0.3) is 21.5 Å². The van der Waals surface area contributed by atoms with E-state index < -0.39 is 0 Å². The Balaban J connectivity index is 0.000000151. The molecule has 1 N–H and O–H groups in total. The van der Waals surface area contributed by atoms with Crippen LogP contribution in [0.1, 0.15) is 15.9 Å². The molecule has 0 atom stereocenters. The van der Waals surface area contributed by atoms with Gasteiger partial charge in [-0.05, 0) is 10.8 Å². The molecule has 4 nitrogen and oxygen atoms in total. The molecule has 2 aromatic carbocycles. The molecule has 0 aliphatic heterocycles. The first-order valence-corrected chi connectivity index (χ1v) is 8.52. The van der Waals surface area contributed by atoms with Gasteiger partial charge >= 0.3 is 0 Å². The zero-order valence-electron chi connectivity index (χ0n) is 13.6. The molecule has 0 aliphatic rings. The Morgan fingerprint density at radius 3 is 2.00 bits per heavy atom. The van der Waals surface area contributed by atoms with Gasteiger partial charge in [-0.2, -0.15) is 0 Å². The first kappa shape index (κ1) is 18.3. The van der Waals surface area contributed by atoms with Gasteiger partial charge in [-0.15, -0.1) is 0 Å². The molecular weight excluding hydrogens is 371 g/mol. The van der Waals surface area contributed by atoms with Gasteiger partial charge in [0.2, 0.25) is 0 Å². The SMILES string of the molecule is O=Cc1c(Cl)ncc2ccccc12.OCc1c(Cl)ncc2ccccc12. The van der Waals surface area contributed by atoms with E-state index in [1.807, 2.05) is 48.5 Å². The topological polar surface area (TPSA) is 63.1 Å². The standard InChI is InChI=1S/C10H8ClNO.C10H6ClNO/c2*11-10-9(6-13)8-4-2-1-3-7(8)5-12-10/h1-5,13H,6H2;1-6H. The Bertz CT molecular complexity index is 1080. The number of aromatic nitrogens is 2. The largest absolute Gasteiger partial charge is 0.392 e. The van der Waals surface area contributed by atoms with Crippen molar-refractivity contribution in [2.75, 3.05) is 0 Å². The summed E-state index contributed by atoms with van der Waals surface area (Å²) in [5.41, 5.74) is 1.15. The fourth-order valence-corrected chi connectivity index (χ4v) is 3.03. The molecule has 0 aliphatic carbocycles. The van der Waals surface area contributed by atoms with E-state index >= 15 is 0 Å². The Hall–Kier alpha value is -2.53. The van der Waals surface area contributed by atoms with E-state index in [9.17, 15) is 4.79 Å². The van der Waals surface area contributed by atoms with E-state index in [0.29, 0.717) is 16.3 Å². The van der Waals surface area contributed by atoms with E-state index in [4.69, 9.17) is 28.3 Å². The summed E-state index contributed by atoms with van der Waals surface area (Å²) in [7, 11) is 0. The Morgan fingerprint density at radius 1 is 0.846 bits per heavy atom. The Morgan fingerprint density at radius 2 is 1.38 bits per heavy atom. The third-order valence-corrected chi connectivity index (χ3v) is 4.54. The number of fused-ring (bicyclic) bond motifs is 2. The zero-order valence-corrected chi connectivity index (χ0v) is 15.1. The molecule has 6 heteroatoms. The molecular formula is C20H14Cl2N2O2. The van der Waals surface area contributed by atoms with Crippen LogP contribution in [0.15, 0.2) is 60.9 Å². The highest BCUT2D eigenvalue weighted by Gasteiger charge is 2.05. The molecule has 0 fully saturated rings. The Kier molecular flexibility index (Phi) is 5.78. The second-order valence-electron chi connectivity index (χ2n) is 5.44. The van der Waals surface area contributed by atoms with Gasteiger partial charge in [0, 0.05) is 28.7 Å². The molecule has 0 saturated carbocycles. The maximum atomic E-state index is 10.7. The highest BCUT2D eigenvalue weighted by Crippen LogP contribution is 2.23. The average molecular weight is 385 g/mol. The maximum Gasteiger partial charge on any atom is 0.153 e. The summed E-state index contributed by atoms with van der Waals surface area (Å²) in [6, 6.07) is 15.2. The average Bonchev–Trinajstić information content (AvgIpc) is 2.68. The number of aldehydes is 1. The molecule has 2 aromatic heterocycles. The lowest BCUT2D eigenvalue weighted by Crippen LogP contribution is -1.90. The molecule has 26 heavy (non-hydrogen) atoms. The minimum atomic E-state index is -0.0762. The van der Waals surface area contributed by atoms with Crippen LogP contribution in [-0.2, 0) is 6.61 Å². The molecule has 130 valence electrons. The van der Waals surface area contributed by atoms with Gasteiger partial charge in [-0.3, -0.25) is 4.79 Å². The third kappa shape index (κ3) is 3.68. The summed E-state index contributed by atoms with van der Waals surface area (Å²) in [5.74, 6) is 0. The number of aliphatic hydroxyl groups is 1. The van der Waals surface area contributed by atoms with Gasteiger partial charge in [-0.25, -0.2) is 9.97 Å². The van der Waals surface area contributed by atoms with Crippen molar-refractivity contribution in [1.82, 2.24) is 9.97 Å². The molecule has 0 unspecified atom stereocenters. The number of halogens is 2. The van der Waals surface area contributed by atoms with Crippen LogP contribution in [0.5, 0.6) is 0 Å². The zero-order chi connectivity index (χ0) is 18.5. The minimum absolute atomic E-state index is 0.0762. The number of benzene rings is 2. The van der Waals surface area contributed by atoms with E-state index in [2.05, 4.69) is 9.97 Å². The van der Waals surface area contributed by atoms with Crippen molar-refractivity contribution in [1.29, 1.82) is 0 Å². The molecule has 4 rings (SSSR count). The molecule has 2 heterocycles. The minimum Gasteiger partial charge on any atom is -0.392 e. The maximum absolute atomic E-state index is 10.7. The van der Waals surface area contributed by atoms with Gasteiger partial charge in [0.15, 0.2) is 6.29 Å². The summed E-state index contributed by atoms with van der Waals surface area (Å²) in [6.45, 7) is -0.0762. The quantitative estimate of drug-likeness (QED) is 0.386. The smallest absolute Gasteiger partial charge is 0.153 e. The highest BCUT2D eigenvalue weighted by molar-refractivity contribution is 6.33. The number of aliphatic hydroxyl groups excluding tert-OH is 1. The molecule has 0 spiro atoms. The summed E-state index contributed by atoms with van der Waals surface area (Å²) in [5, 5.41) is 13.5. The molecule has 0 saturated heterocycles. The number of carbonyl (C=O) groups excluding carboxylic acids is 1. The number of nitrogens with zero attached hydrogens (tertiary/aromatic N) is 2. The predicted octanol–water partition coefficient (Wildman–Crippen LogP) is 5.08. The van der Waals surface area contributed by atoms with Crippen LogP contribution in [0, 0.1) is 0 Å². The number of pyridine rings is 2. The second-order valence-corrected chi connectivity index (χ2v) is 6.16. The van der Waals surface area contributed by atoms with Gasteiger partial charge in [0.25, 0.3) is 0 Å². The van der Waals surface area contributed by atoms with E-state index in [1.165, 1.54) is 0 Å². The van der Waals surface area contributed by atoms with Crippen LogP contribution in [-0.4, -0.2) is 21.4 Å². The van der Waals surface area contributed by atoms with Crippen molar-refractivity contribution in [3.8, 4) is 0 Å². The number of hydrogen-bond donors (Lipinski definition) is 1. The Labute approximate surface area is 160 Å². The summed E-state index contributed by atoms with van der Waals surface area (Å²) in [4.78, 5) is 18.6. The van der Waals surface area contributed by atoms with Gasteiger partial charge in [0.1, 0.15) is 10.3 Å². The second kappa shape index (κ2) is 8.23. The fraction of sp³-hybridized carbons (Fsp3) is 0.0500. The molecule has 0 radical (unpaired) electrons. The molecule has 0 bridgehead atoms. The van der Waals surface area contributed by atoms with Crippen molar-refractivity contribution in [3.63, 3.8) is 0 Å². The number of hydrogen-bond acceptors (Lipinski definition) is 4. The van der Waals surface area contributed by atoms with Crippen LogP contribution >= 0.6 is 23.2 Å². The van der Waals surface area contributed by atoms with Gasteiger partial charge < -0.3 is 5.11 Å². The normalized spacial score (nSPS) is 10.4. The van der Waals surface area contributed by atoms with Crippen LogP contribution in [0.4, 0.5) is 0 Å². The van der Waals surface area contributed by atoms with E-state index in [-0.39, 0.29) is 11.8 Å². The number of carbonyl (C=O) groups is 1. The third-order valence-electron chi connectivity index (χ3n) is 3.92. The van der Waals surface area contributed by atoms with E-state index in [1.54, 1.807) is 12.4 Å². The van der Waals surface area contributed by atoms with Crippen molar-refractivity contribution in [2.24, 2.45) is 0 Å². The predicted molar refractivity (Wildman–Crippen MR) is 105 cm³/mol. The van der Waals surface area contributed by atoms with Gasteiger partial charge in [-0.1, -0.05) is 71.7 Å². The van der Waals surface area contributed by atoms with Crippen LogP contribution in [0.3, 0.4) is 0 Å². The van der Waals surface area contributed by atoms with Crippen molar-refractivity contribution < 1.29 is 9.90 Å². The van der Waals surface area contributed by atoms with Crippen LogP contribution in [0.2, 0.25) is 10.3 Å². The van der Waals surface area contributed by atoms with Crippen LogP contribution < -0.4 is 0 Å². The summed E-state index contributed by atoms with van der Waals surface area (Å²) < 4.78 is 0. The van der Waals surface area contributed by atoms with Crippen molar-refractivity contribution in [2.45, 2.75) is 6.61 Å². The lowest BCUT2D eigenvalue weighted by molar-refractivity contribution is 0.112. The first-order valence-electron chi connectivity index (χ1n) is 7.77. The lowest BCUT2D eigenvalue weighted by atomic mass is 10.1. The van der Waals surface area contributed by atoms with E-state index in [0.717, 1.165) is 27.8 Å². The summed E-state index contributed by atoms with van der Waals surface area (Å²) >= 11 is 11.6.